The van der Waals surface area contributed by atoms with Crippen molar-refractivity contribution in [1.82, 2.24) is 0 Å². The fraction of sp³-hybridized carbons (Fsp3) is 0.0130. The highest BCUT2D eigenvalue weighted by molar-refractivity contribution is 6.05. The summed E-state index contributed by atoms with van der Waals surface area (Å²) in [6.45, 7) is 0. The molecule has 0 spiro atoms. The minimum absolute atomic E-state index is 0.732. The van der Waals surface area contributed by atoms with Gasteiger partial charge in [0.2, 0.25) is 0 Å². The van der Waals surface area contributed by atoms with Crippen LogP contribution in [0.1, 0.15) is 22.3 Å². The number of para-hydroxylation sites is 2. The number of hydrogen-bond donors (Lipinski definition) is 0. The van der Waals surface area contributed by atoms with Gasteiger partial charge in [-0.25, -0.2) is 0 Å². The average molecular weight is 1040 g/mol. The van der Waals surface area contributed by atoms with E-state index >= 15 is 0 Å². The Morgan fingerprint density at radius 1 is 0.247 bits per heavy atom. The molecule has 14 aromatic rings. The third-order valence-corrected chi connectivity index (χ3v) is 16.1. The van der Waals surface area contributed by atoms with Gasteiger partial charge < -0.3 is 18.6 Å². The molecule has 81 heavy (non-hydrogen) atoms. The Labute approximate surface area is 471 Å². The molecular weight excluding hydrogens is 985 g/mol. The first-order valence-corrected chi connectivity index (χ1v) is 27.6. The Kier molecular flexibility index (Phi) is 11.7. The lowest BCUT2D eigenvalue weighted by atomic mass is 9.67. The highest BCUT2D eigenvalue weighted by Gasteiger charge is 2.47. The molecule has 0 atom stereocenters. The van der Waals surface area contributed by atoms with Crippen molar-refractivity contribution in [3.8, 4) is 56.0 Å². The first-order valence-electron chi connectivity index (χ1n) is 27.6. The minimum Gasteiger partial charge on any atom is -0.455 e. The van der Waals surface area contributed by atoms with Gasteiger partial charge in [0.15, 0.2) is 0 Å². The molecule has 0 N–H and O–H groups in total. The van der Waals surface area contributed by atoms with E-state index in [-0.39, 0.29) is 0 Å². The van der Waals surface area contributed by atoms with Gasteiger partial charge in [-0.05, 0) is 117 Å². The third kappa shape index (κ3) is 8.07. The van der Waals surface area contributed by atoms with E-state index in [1.165, 1.54) is 33.4 Å². The molecule has 12 aromatic carbocycles. The Morgan fingerprint density at radius 2 is 0.543 bits per heavy atom. The average Bonchev–Trinajstić information content (AvgIpc) is 2.39. The molecule has 2 aromatic heterocycles. The Bertz CT molecular complexity index is 4250. The summed E-state index contributed by atoms with van der Waals surface area (Å²) in [5.41, 5.74) is 20.6. The maximum Gasteiger partial charge on any atom is 0.143 e. The molecule has 0 saturated carbocycles. The van der Waals surface area contributed by atoms with E-state index in [2.05, 4.69) is 313 Å². The summed E-state index contributed by atoms with van der Waals surface area (Å²) in [4.78, 5) is 4.74. The standard InChI is InChI=1S/C77H52N2O2/c1-9-25-53(26-10-1)73-67-47-43-63(51-71(67)80-75(73)55-29-13-3-14-30-55)78(59-37-21-7-22-38-59)61-41-45-65-66-46-42-62(50-70(66)77(69(65)49-61,57-33-17-5-18-34-57)58-35-19-6-20-36-58)79(60-39-23-8-24-40-60)64-44-48-68-72(52-64)81-76(56-31-15-4-16-32-56)74(68)54-27-11-2-12-28-54/h1-52H. The first kappa shape index (κ1) is 47.5. The Morgan fingerprint density at radius 3 is 0.901 bits per heavy atom. The van der Waals surface area contributed by atoms with Crippen molar-refractivity contribution in [3.63, 3.8) is 0 Å². The second kappa shape index (κ2) is 20.0. The van der Waals surface area contributed by atoms with Crippen LogP contribution in [-0.2, 0) is 5.41 Å². The van der Waals surface area contributed by atoms with Gasteiger partial charge in [0.1, 0.15) is 22.7 Å². The molecule has 0 bridgehead atoms. The maximum atomic E-state index is 6.99. The van der Waals surface area contributed by atoms with Gasteiger partial charge in [0.25, 0.3) is 0 Å². The predicted octanol–water partition coefficient (Wildman–Crippen LogP) is 21.1. The molecule has 0 aliphatic heterocycles. The van der Waals surface area contributed by atoms with Crippen molar-refractivity contribution < 1.29 is 8.83 Å². The van der Waals surface area contributed by atoms with Crippen LogP contribution in [0.2, 0.25) is 0 Å². The lowest BCUT2D eigenvalue weighted by molar-refractivity contribution is 0.632. The number of benzene rings is 12. The minimum atomic E-state index is -0.732. The highest BCUT2D eigenvalue weighted by Crippen LogP contribution is 2.59. The quantitative estimate of drug-likeness (QED) is 0.122. The van der Waals surface area contributed by atoms with Gasteiger partial charge in [-0.15, -0.1) is 0 Å². The molecule has 15 rings (SSSR count). The SMILES string of the molecule is c1ccc(-c2oc3cc(N(c4ccccc4)c4ccc5c(c4)C(c4ccccc4)(c4ccccc4)c4cc(N(c6ccccc6)c6ccc7c(-c8ccccc8)c(-c8ccccc8)oc7c6)ccc4-5)ccc3c2-c2ccccc2)cc1. The van der Waals surface area contributed by atoms with Crippen LogP contribution < -0.4 is 9.80 Å². The van der Waals surface area contributed by atoms with E-state index in [1.807, 2.05) is 12.1 Å². The van der Waals surface area contributed by atoms with Crippen molar-refractivity contribution >= 4 is 56.1 Å². The van der Waals surface area contributed by atoms with Crippen LogP contribution in [0.25, 0.3) is 78.0 Å². The van der Waals surface area contributed by atoms with E-state index in [4.69, 9.17) is 8.83 Å². The van der Waals surface area contributed by atoms with E-state index in [0.717, 1.165) is 101 Å². The molecule has 2 heterocycles. The predicted molar refractivity (Wildman–Crippen MR) is 334 cm³/mol. The zero-order valence-corrected chi connectivity index (χ0v) is 44.2. The van der Waals surface area contributed by atoms with Crippen LogP contribution in [0.3, 0.4) is 0 Å². The third-order valence-electron chi connectivity index (χ3n) is 16.1. The van der Waals surface area contributed by atoms with Crippen LogP contribution in [0.4, 0.5) is 34.1 Å². The number of nitrogens with zero attached hydrogens (tertiary/aromatic N) is 2. The summed E-state index contributed by atoms with van der Waals surface area (Å²) in [6, 6.07) is 113. The molecule has 1 aliphatic rings. The van der Waals surface area contributed by atoms with Crippen LogP contribution in [0.5, 0.6) is 0 Å². The van der Waals surface area contributed by atoms with Crippen molar-refractivity contribution in [2.45, 2.75) is 5.41 Å². The molecule has 0 amide bonds. The number of rotatable bonds is 12. The smallest absolute Gasteiger partial charge is 0.143 e. The molecule has 1 aliphatic carbocycles. The fourth-order valence-electron chi connectivity index (χ4n) is 12.6. The number of furan rings is 2. The van der Waals surface area contributed by atoms with Gasteiger partial charge in [-0.2, -0.15) is 0 Å². The summed E-state index contributed by atoms with van der Waals surface area (Å²) >= 11 is 0. The van der Waals surface area contributed by atoms with Gasteiger partial charge in [0.05, 0.1) is 5.41 Å². The van der Waals surface area contributed by atoms with Crippen LogP contribution in [0.15, 0.2) is 324 Å². The molecule has 382 valence electrons. The van der Waals surface area contributed by atoms with Gasteiger partial charge >= 0.3 is 0 Å². The van der Waals surface area contributed by atoms with Crippen molar-refractivity contribution in [2.24, 2.45) is 0 Å². The lowest BCUT2D eigenvalue weighted by Crippen LogP contribution is -2.29. The first-order chi connectivity index (χ1) is 40.2. The number of hydrogen-bond acceptors (Lipinski definition) is 4. The maximum absolute atomic E-state index is 6.99. The molecule has 0 unspecified atom stereocenters. The largest absolute Gasteiger partial charge is 0.455 e. The van der Waals surface area contributed by atoms with Crippen LogP contribution >= 0.6 is 0 Å². The molecule has 0 radical (unpaired) electrons. The summed E-state index contributed by atoms with van der Waals surface area (Å²) in [5, 5.41) is 2.12. The topological polar surface area (TPSA) is 32.8 Å². The summed E-state index contributed by atoms with van der Waals surface area (Å²) in [6.07, 6.45) is 0. The van der Waals surface area contributed by atoms with E-state index in [0.29, 0.717) is 0 Å². The molecule has 0 fully saturated rings. The van der Waals surface area contributed by atoms with Gasteiger partial charge in [-0.3, -0.25) is 0 Å². The highest BCUT2D eigenvalue weighted by atomic mass is 16.3. The van der Waals surface area contributed by atoms with Gasteiger partial charge in [-0.1, -0.05) is 231 Å². The van der Waals surface area contributed by atoms with Crippen molar-refractivity contribution in [2.75, 3.05) is 9.80 Å². The summed E-state index contributed by atoms with van der Waals surface area (Å²) in [5.74, 6) is 1.71. The second-order valence-corrected chi connectivity index (χ2v) is 20.7. The van der Waals surface area contributed by atoms with Gasteiger partial charge in [0, 0.05) is 79.3 Å². The normalized spacial score (nSPS) is 12.3. The molecule has 4 heteroatoms. The number of fused-ring (bicyclic) bond motifs is 5. The monoisotopic (exact) mass is 1040 g/mol. The number of anilines is 6. The fourth-order valence-corrected chi connectivity index (χ4v) is 12.6. The lowest BCUT2D eigenvalue weighted by Gasteiger charge is -2.35. The molecule has 4 nitrogen and oxygen atoms in total. The van der Waals surface area contributed by atoms with Crippen LogP contribution in [0, 0.1) is 0 Å². The van der Waals surface area contributed by atoms with E-state index < -0.39 is 5.41 Å². The van der Waals surface area contributed by atoms with Crippen molar-refractivity contribution in [1.29, 1.82) is 0 Å². The summed E-state index contributed by atoms with van der Waals surface area (Å²) in [7, 11) is 0. The Balaban J connectivity index is 0.925. The van der Waals surface area contributed by atoms with E-state index in [9.17, 15) is 0 Å². The second-order valence-electron chi connectivity index (χ2n) is 20.7. The molecular formula is C77H52N2O2. The summed E-state index contributed by atoms with van der Waals surface area (Å²) < 4.78 is 14.0. The van der Waals surface area contributed by atoms with Crippen LogP contribution in [-0.4, -0.2) is 0 Å². The molecule has 0 saturated heterocycles. The van der Waals surface area contributed by atoms with E-state index in [1.54, 1.807) is 0 Å². The zero-order valence-electron chi connectivity index (χ0n) is 44.2. The Hall–Kier alpha value is -10.7. The van der Waals surface area contributed by atoms with Crippen molar-refractivity contribution in [3.05, 3.63) is 338 Å². The zero-order chi connectivity index (χ0) is 53.7.